The normalized spacial score (nSPS) is 8.57. The minimum Gasteiger partial charge on any atom is -0.319 e. The van der Waals surface area contributed by atoms with E-state index in [1.54, 1.807) is 0 Å². The van der Waals surface area contributed by atoms with E-state index >= 15 is 0 Å². The number of aliphatic hydroxyl groups is 4. The predicted octanol–water partition coefficient (Wildman–Crippen LogP) is -2.44. The Hall–Kier alpha value is 0.879. The second kappa shape index (κ2) is 5.02. The standard InChI is InChI=1S/CH4O4.2Fe/c2-1(3,4)5;;/h2-5H;;. The minimum atomic E-state index is -3.50. The zero-order valence-corrected chi connectivity index (χ0v) is 5.20. The SMILES string of the molecule is OC(O)(O)O.[Fe].[Fe]. The Labute approximate surface area is 61.1 Å². The fourth-order valence-corrected chi connectivity index (χ4v) is 0. The van der Waals surface area contributed by atoms with Crippen molar-refractivity contribution in [1.82, 2.24) is 0 Å². The molecule has 0 aliphatic carbocycles. The summed E-state index contributed by atoms with van der Waals surface area (Å²) in [7, 11) is 0. The van der Waals surface area contributed by atoms with E-state index in [4.69, 9.17) is 20.4 Å². The number of rotatable bonds is 0. The van der Waals surface area contributed by atoms with Crippen molar-refractivity contribution in [3.63, 3.8) is 0 Å². The Balaban J connectivity index is -0.0000000800. The molecule has 0 bridgehead atoms. The van der Waals surface area contributed by atoms with Crippen LogP contribution in [-0.4, -0.2) is 26.6 Å². The van der Waals surface area contributed by atoms with Gasteiger partial charge in [-0.05, 0) is 0 Å². The molecule has 4 N–H and O–H groups in total. The van der Waals surface area contributed by atoms with Crippen LogP contribution in [0.25, 0.3) is 0 Å². The van der Waals surface area contributed by atoms with Gasteiger partial charge in [0.05, 0.1) is 0 Å². The van der Waals surface area contributed by atoms with Crippen molar-refractivity contribution in [2.45, 2.75) is 6.16 Å². The van der Waals surface area contributed by atoms with Crippen LogP contribution in [0, 0.1) is 0 Å². The fraction of sp³-hybridized carbons (Fsp3) is 1.00. The van der Waals surface area contributed by atoms with Gasteiger partial charge in [-0.15, -0.1) is 0 Å². The van der Waals surface area contributed by atoms with Crippen molar-refractivity contribution < 1.29 is 54.6 Å². The second-order valence-electron chi connectivity index (χ2n) is 0.600. The molecule has 0 radical (unpaired) electrons. The first kappa shape index (κ1) is 15.7. The van der Waals surface area contributed by atoms with E-state index in [-0.39, 0.29) is 34.1 Å². The molecule has 0 amide bonds. The molecule has 0 rings (SSSR count). The molecule has 0 saturated heterocycles. The van der Waals surface area contributed by atoms with Gasteiger partial charge in [0, 0.05) is 34.1 Å². The average molecular weight is 192 g/mol. The van der Waals surface area contributed by atoms with Gasteiger partial charge in [-0.2, -0.15) is 0 Å². The Morgan fingerprint density at radius 3 is 0.714 bits per heavy atom. The molecule has 4 nitrogen and oxygen atoms in total. The molecule has 0 unspecified atom stereocenters. The van der Waals surface area contributed by atoms with Gasteiger partial charge in [0.2, 0.25) is 0 Å². The molecule has 0 aromatic rings. The van der Waals surface area contributed by atoms with Crippen LogP contribution >= 0.6 is 0 Å². The second-order valence-corrected chi connectivity index (χ2v) is 0.600. The maximum Gasteiger partial charge on any atom is 0.402 e. The molecule has 0 spiro atoms. The predicted molar refractivity (Wildman–Crippen MR) is 11.6 cm³/mol. The van der Waals surface area contributed by atoms with Crippen LogP contribution in [0.5, 0.6) is 0 Å². The van der Waals surface area contributed by atoms with E-state index in [1.165, 1.54) is 0 Å². The first-order valence-corrected chi connectivity index (χ1v) is 0.894. The molecule has 48 valence electrons. The molecule has 0 saturated carbocycles. The monoisotopic (exact) mass is 192 g/mol. The molecule has 0 aliphatic rings. The Kier molecular flexibility index (Phi) is 11.2. The topological polar surface area (TPSA) is 80.9 Å². The van der Waals surface area contributed by atoms with Gasteiger partial charge >= 0.3 is 6.16 Å². The van der Waals surface area contributed by atoms with E-state index in [9.17, 15) is 0 Å². The third kappa shape index (κ3) is 212. The number of hydrogen-bond donors (Lipinski definition) is 4. The first-order valence-electron chi connectivity index (χ1n) is 0.894. The molecular formula is CH4Fe2O4. The maximum atomic E-state index is 7.19. The van der Waals surface area contributed by atoms with Crippen molar-refractivity contribution in [3.05, 3.63) is 0 Å². The fourth-order valence-electron chi connectivity index (χ4n) is 0. The zero-order valence-electron chi connectivity index (χ0n) is 3.00. The number of hydrogen-bond acceptors (Lipinski definition) is 4. The van der Waals surface area contributed by atoms with Gasteiger partial charge in [0.15, 0.2) is 0 Å². The summed E-state index contributed by atoms with van der Waals surface area (Å²) in [6.45, 7) is 0. The third-order valence-corrected chi connectivity index (χ3v) is 0. The average Bonchev–Trinajstić information content (AvgIpc) is 0.722. The smallest absolute Gasteiger partial charge is 0.319 e. The van der Waals surface area contributed by atoms with Gasteiger partial charge in [0.1, 0.15) is 0 Å². The summed E-state index contributed by atoms with van der Waals surface area (Å²) in [4.78, 5) is 0. The Bertz CT molecular complexity index is 25.2. The molecule has 0 aromatic carbocycles. The maximum absolute atomic E-state index is 7.19. The van der Waals surface area contributed by atoms with Crippen molar-refractivity contribution in [1.29, 1.82) is 0 Å². The van der Waals surface area contributed by atoms with Crippen LogP contribution in [-0.2, 0) is 34.1 Å². The van der Waals surface area contributed by atoms with Crippen LogP contribution in [0.2, 0.25) is 0 Å². The molecule has 0 aromatic heterocycles. The molecule has 0 heterocycles. The molecular weight excluding hydrogens is 188 g/mol. The van der Waals surface area contributed by atoms with E-state index in [0.29, 0.717) is 0 Å². The molecule has 7 heavy (non-hydrogen) atoms. The summed E-state index contributed by atoms with van der Waals surface area (Å²) in [5.74, 6) is 0. The molecule has 0 atom stereocenters. The minimum absolute atomic E-state index is 0. The Morgan fingerprint density at radius 1 is 0.714 bits per heavy atom. The summed E-state index contributed by atoms with van der Waals surface area (Å²) < 4.78 is 0. The van der Waals surface area contributed by atoms with Crippen molar-refractivity contribution in [2.24, 2.45) is 0 Å². The van der Waals surface area contributed by atoms with Gasteiger partial charge in [-0.25, -0.2) is 0 Å². The molecule has 6 heteroatoms. The largest absolute Gasteiger partial charge is 0.402 e. The summed E-state index contributed by atoms with van der Waals surface area (Å²) in [5, 5.41) is 28.8. The van der Waals surface area contributed by atoms with Gasteiger partial charge in [0.25, 0.3) is 0 Å². The van der Waals surface area contributed by atoms with Crippen LogP contribution in [0.4, 0.5) is 0 Å². The van der Waals surface area contributed by atoms with Gasteiger partial charge < -0.3 is 20.4 Å². The molecule has 0 fully saturated rings. The van der Waals surface area contributed by atoms with Crippen molar-refractivity contribution in [2.75, 3.05) is 0 Å². The van der Waals surface area contributed by atoms with Crippen LogP contribution in [0.3, 0.4) is 0 Å². The van der Waals surface area contributed by atoms with E-state index in [2.05, 4.69) is 0 Å². The van der Waals surface area contributed by atoms with Gasteiger partial charge in [-0.3, -0.25) is 0 Å². The van der Waals surface area contributed by atoms with Gasteiger partial charge in [-0.1, -0.05) is 0 Å². The quantitative estimate of drug-likeness (QED) is 0.254. The summed E-state index contributed by atoms with van der Waals surface area (Å²) in [5.41, 5.74) is 0. The van der Waals surface area contributed by atoms with Crippen LogP contribution < -0.4 is 0 Å². The van der Waals surface area contributed by atoms with Crippen LogP contribution in [0.1, 0.15) is 0 Å². The third-order valence-electron chi connectivity index (χ3n) is 0. The first-order chi connectivity index (χ1) is 2.00. The van der Waals surface area contributed by atoms with E-state index in [1.807, 2.05) is 0 Å². The summed E-state index contributed by atoms with van der Waals surface area (Å²) in [6, 6.07) is 0. The van der Waals surface area contributed by atoms with Crippen molar-refractivity contribution >= 4 is 0 Å². The van der Waals surface area contributed by atoms with E-state index < -0.39 is 6.16 Å². The summed E-state index contributed by atoms with van der Waals surface area (Å²) >= 11 is 0. The Morgan fingerprint density at radius 2 is 0.714 bits per heavy atom. The zero-order chi connectivity index (χ0) is 4.50. The summed E-state index contributed by atoms with van der Waals surface area (Å²) in [6.07, 6.45) is -3.50. The van der Waals surface area contributed by atoms with Crippen LogP contribution in [0.15, 0.2) is 0 Å². The molecule has 0 aliphatic heterocycles. The van der Waals surface area contributed by atoms with Crippen molar-refractivity contribution in [3.8, 4) is 0 Å². The van der Waals surface area contributed by atoms with E-state index in [0.717, 1.165) is 0 Å².